The van der Waals surface area contributed by atoms with Crippen LogP contribution in [0.1, 0.15) is 0 Å². The Morgan fingerprint density at radius 1 is 0.833 bits per heavy atom. The standard InChI is InChI=1S/C6H2O4S2/c7-1-2(8)4(10)6(12)5(11)3(1)9/h7-8H. The summed E-state index contributed by atoms with van der Waals surface area (Å²) in [6, 6.07) is 0. The summed E-state index contributed by atoms with van der Waals surface area (Å²) in [6.07, 6.45) is 0. The molecule has 0 unspecified atom stereocenters. The van der Waals surface area contributed by atoms with E-state index >= 15 is 0 Å². The van der Waals surface area contributed by atoms with E-state index in [9.17, 15) is 9.59 Å². The quantitative estimate of drug-likeness (QED) is 0.461. The largest absolute Gasteiger partial charge is 0.501 e. The highest BCUT2D eigenvalue weighted by Crippen LogP contribution is 2.13. The molecule has 0 heterocycles. The zero-order chi connectivity index (χ0) is 9.46. The molecule has 0 fully saturated rings. The molecule has 1 aromatic carbocycles. The molecule has 0 saturated heterocycles. The van der Waals surface area contributed by atoms with E-state index in [1.54, 1.807) is 0 Å². The third kappa shape index (κ3) is 1.05. The maximum Gasteiger partial charge on any atom is 0.243 e. The van der Waals surface area contributed by atoms with Crippen molar-refractivity contribution in [3.8, 4) is 11.5 Å². The molecule has 0 saturated carbocycles. The molecule has 1 aromatic rings. The van der Waals surface area contributed by atoms with Crippen LogP contribution in [0.4, 0.5) is 0 Å². The third-order valence-corrected chi connectivity index (χ3v) is 2.18. The Morgan fingerprint density at radius 3 is 1.33 bits per heavy atom. The molecule has 0 radical (unpaired) electrons. The van der Waals surface area contributed by atoms with Crippen molar-refractivity contribution in [1.29, 1.82) is 0 Å². The van der Waals surface area contributed by atoms with Crippen molar-refractivity contribution < 1.29 is 10.2 Å². The maximum absolute atomic E-state index is 10.8. The fourth-order valence-electron chi connectivity index (χ4n) is 0.636. The molecule has 1 rings (SSSR count). The molecule has 0 bridgehead atoms. The second-order valence-corrected chi connectivity index (χ2v) is 2.83. The van der Waals surface area contributed by atoms with Gasteiger partial charge in [-0.1, -0.05) is 24.4 Å². The average molecular weight is 202 g/mol. The summed E-state index contributed by atoms with van der Waals surface area (Å²) in [5.41, 5.74) is -1.96. The molecule has 0 atom stereocenters. The maximum atomic E-state index is 10.8. The van der Waals surface area contributed by atoms with Crippen molar-refractivity contribution >= 4 is 24.4 Å². The van der Waals surface area contributed by atoms with Gasteiger partial charge in [0.15, 0.2) is 0 Å². The van der Waals surface area contributed by atoms with Gasteiger partial charge in [-0.2, -0.15) is 0 Å². The summed E-state index contributed by atoms with van der Waals surface area (Å²) >= 11 is 8.88. The summed E-state index contributed by atoms with van der Waals surface area (Å²) in [6.45, 7) is 0. The zero-order valence-corrected chi connectivity index (χ0v) is 7.16. The summed E-state index contributed by atoms with van der Waals surface area (Å²) in [5, 5.41) is 17.6. The van der Waals surface area contributed by atoms with Gasteiger partial charge in [0.25, 0.3) is 0 Å². The van der Waals surface area contributed by atoms with Crippen LogP contribution in [0.25, 0.3) is 0 Å². The van der Waals surface area contributed by atoms with Crippen molar-refractivity contribution in [2.24, 2.45) is 0 Å². The zero-order valence-electron chi connectivity index (χ0n) is 5.53. The molecule has 0 amide bonds. The van der Waals surface area contributed by atoms with Crippen LogP contribution in [-0.4, -0.2) is 10.2 Å². The predicted molar refractivity (Wildman–Crippen MR) is 46.4 cm³/mol. The van der Waals surface area contributed by atoms with Crippen LogP contribution < -0.4 is 10.9 Å². The van der Waals surface area contributed by atoms with Crippen molar-refractivity contribution in [2.75, 3.05) is 0 Å². The van der Waals surface area contributed by atoms with Crippen LogP contribution in [0.3, 0.4) is 0 Å². The summed E-state index contributed by atoms with van der Waals surface area (Å²) in [7, 11) is 0. The Kier molecular flexibility index (Phi) is 2.03. The van der Waals surface area contributed by atoms with Crippen molar-refractivity contribution in [3.05, 3.63) is 29.5 Å². The average Bonchev–Trinajstić information content (AvgIpc) is 2.08. The molecule has 2 N–H and O–H groups in total. The number of hydrogen-bond acceptors (Lipinski definition) is 6. The summed E-state index contributed by atoms with van der Waals surface area (Å²) < 4.78 is -0.851. The molecular formula is C6H2O4S2. The van der Waals surface area contributed by atoms with Gasteiger partial charge in [0.05, 0.1) is 0 Å². The van der Waals surface area contributed by atoms with Crippen LogP contribution >= 0.6 is 24.4 Å². The van der Waals surface area contributed by atoms with Gasteiger partial charge in [0, 0.05) is 0 Å². The number of hydrogen-bond donors (Lipinski definition) is 2. The van der Waals surface area contributed by atoms with Crippen molar-refractivity contribution in [1.82, 2.24) is 0 Å². The van der Waals surface area contributed by atoms with E-state index < -0.39 is 31.4 Å². The van der Waals surface area contributed by atoms with E-state index in [1.165, 1.54) is 0 Å². The van der Waals surface area contributed by atoms with Crippen LogP contribution in [0.15, 0.2) is 9.59 Å². The summed E-state index contributed by atoms with van der Waals surface area (Å²) in [5.74, 6) is -2.06. The van der Waals surface area contributed by atoms with Gasteiger partial charge in [0.1, 0.15) is 9.02 Å². The first-order valence-electron chi connectivity index (χ1n) is 2.76. The van der Waals surface area contributed by atoms with Crippen LogP contribution in [-0.2, 0) is 0 Å². The van der Waals surface area contributed by atoms with Crippen molar-refractivity contribution in [2.45, 2.75) is 0 Å². The molecule has 0 aliphatic carbocycles. The first-order chi connectivity index (χ1) is 5.46. The molecule has 0 aliphatic rings. The Hall–Kier alpha value is -1.14. The molecule has 0 aliphatic heterocycles. The molecule has 0 aromatic heterocycles. The smallest absolute Gasteiger partial charge is 0.243 e. The lowest BCUT2D eigenvalue weighted by atomic mass is 10.3. The summed E-state index contributed by atoms with van der Waals surface area (Å²) in [4.78, 5) is 21.7. The van der Waals surface area contributed by atoms with Gasteiger partial charge in [-0.05, 0) is 0 Å². The minimum absolute atomic E-state index is 0.426. The van der Waals surface area contributed by atoms with E-state index in [1.807, 2.05) is 0 Å². The van der Waals surface area contributed by atoms with Gasteiger partial charge in [-0.25, -0.2) is 0 Å². The van der Waals surface area contributed by atoms with Crippen LogP contribution in [0.2, 0.25) is 0 Å². The highest BCUT2D eigenvalue weighted by molar-refractivity contribution is 7.73. The monoisotopic (exact) mass is 202 g/mol. The molecule has 62 valence electrons. The molecule has 0 spiro atoms. The Balaban J connectivity index is 4.15. The second-order valence-electron chi connectivity index (χ2n) is 2.01. The fraction of sp³-hybridized carbons (Fsp3) is 0. The third-order valence-electron chi connectivity index (χ3n) is 1.27. The predicted octanol–water partition coefficient (Wildman–Crippen LogP) is 0.153. The van der Waals surface area contributed by atoms with E-state index in [4.69, 9.17) is 10.2 Å². The van der Waals surface area contributed by atoms with E-state index in [0.29, 0.717) is 0 Å². The first kappa shape index (κ1) is 8.95. The second kappa shape index (κ2) is 2.72. The lowest BCUT2D eigenvalue weighted by Crippen LogP contribution is -2.11. The first-order valence-corrected chi connectivity index (χ1v) is 3.58. The van der Waals surface area contributed by atoms with Crippen LogP contribution in [0.5, 0.6) is 11.5 Å². The van der Waals surface area contributed by atoms with Gasteiger partial charge in [-0.3, -0.25) is 9.59 Å². The van der Waals surface area contributed by atoms with Crippen LogP contribution in [0, 0.1) is 9.02 Å². The topological polar surface area (TPSA) is 74.6 Å². The fourth-order valence-corrected chi connectivity index (χ4v) is 1.02. The lowest BCUT2D eigenvalue weighted by molar-refractivity contribution is 0.396. The SMILES string of the molecule is O=c1c(O)c(O)c(=O)c(=S)c1=S. The number of rotatable bonds is 0. The minimum Gasteiger partial charge on any atom is -0.501 e. The highest BCUT2D eigenvalue weighted by atomic mass is 32.1. The lowest BCUT2D eigenvalue weighted by Gasteiger charge is -1.91. The Labute approximate surface area is 76.1 Å². The van der Waals surface area contributed by atoms with E-state index in [0.717, 1.165) is 0 Å². The van der Waals surface area contributed by atoms with Gasteiger partial charge in [0.2, 0.25) is 22.4 Å². The highest BCUT2D eigenvalue weighted by Gasteiger charge is 2.11. The Morgan fingerprint density at radius 2 is 1.08 bits per heavy atom. The van der Waals surface area contributed by atoms with Crippen molar-refractivity contribution in [3.63, 3.8) is 0 Å². The van der Waals surface area contributed by atoms with Gasteiger partial charge in [-0.15, -0.1) is 0 Å². The van der Waals surface area contributed by atoms with Gasteiger partial charge >= 0.3 is 0 Å². The van der Waals surface area contributed by atoms with E-state index in [2.05, 4.69) is 24.4 Å². The van der Waals surface area contributed by atoms with E-state index in [-0.39, 0.29) is 0 Å². The molecule has 6 heteroatoms. The number of phenols is 2. The van der Waals surface area contributed by atoms with Gasteiger partial charge < -0.3 is 10.2 Å². The molecule has 12 heavy (non-hydrogen) atoms. The number of phenolic OH excluding ortho intramolecular Hbond substituents is 2. The minimum atomic E-state index is -1.03. The molecule has 4 nitrogen and oxygen atoms in total. The number of benzene rings is 1. The number of aromatic hydroxyl groups is 2. The normalized spacial score (nSPS) is 10.0. The Bertz CT molecular complexity index is 475. The molecular weight excluding hydrogens is 200 g/mol.